The predicted molar refractivity (Wildman–Crippen MR) is 70.5 cm³/mol. The zero-order valence-corrected chi connectivity index (χ0v) is 10.7. The normalized spacial score (nSPS) is 12.2. The highest BCUT2D eigenvalue weighted by Gasteiger charge is 2.06. The van der Waals surface area contributed by atoms with E-state index in [1.807, 2.05) is 0 Å². The van der Waals surface area contributed by atoms with Crippen LogP contribution in [0, 0.1) is 0 Å². The van der Waals surface area contributed by atoms with Crippen LogP contribution in [-0.2, 0) is 4.79 Å². The van der Waals surface area contributed by atoms with E-state index in [1.165, 1.54) is 11.8 Å². The summed E-state index contributed by atoms with van der Waals surface area (Å²) in [6, 6.07) is 6.82. The molecule has 1 rings (SSSR count). The Bertz CT molecular complexity index is 358. The summed E-state index contributed by atoms with van der Waals surface area (Å²) in [4.78, 5) is 11.5. The second kappa shape index (κ2) is 7.55. The Hall–Kier alpha value is -0.750. The molecule has 0 saturated heterocycles. The summed E-state index contributed by atoms with van der Waals surface area (Å²) < 4.78 is 0. The van der Waals surface area contributed by atoms with Gasteiger partial charge in [-0.05, 0) is 24.3 Å². The van der Waals surface area contributed by atoms with Crippen molar-refractivity contribution in [3.05, 3.63) is 29.3 Å². The summed E-state index contributed by atoms with van der Waals surface area (Å²) in [6.07, 6.45) is -0.775. The van der Waals surface area contributed by atoms with E-state index in [-0.39, 0.29) is 18.3 Å². The molecule has 1 aromatic rings. The number of anilines is 1. The highest BCUT2D eigenvalue weighted by atomic mass is 35.5. The second-order valence-electron chi connectivity index (χ2n) is 3.41. The number of rotatable bonds is 6. The van der Waals surface area contributed by atoms with Gasteiger partial charge in [0.05, 0.1) is 18.5 Å². The Labute approximate surface area is 109 Å². The predicted octanol–water partition coefficient (Wildman–Crippen LogP) is 1.36. The van der Waals surface area contributed by atoms with Crippen LogP contribution in [-0.4, -0.2) is 40.3 Å². The molecule has 1 amide bonds. The lowest BCUT2D eigenvalue weighted by Gasteiger charge is -2.07. The molecule has 0 fully saturated rings. The average molecular weight is 276 g/mol. The third kappa shape index (κ3) is 5.93. The van der Waals surface area contributed by atoms with Crippen LogP contribution in [0.15, 0.2) is 24.3 Å². The van der Waals surface area contributed by atoms with E-state index in [2.05, 4.69) is 5.32 Å². The molecule has 0 spiro atoms. The van der Waals surface area contributed by atoms with Gasteiger partial charge >= 0.3 is 0 Å². The van der Waals surface area contributed by atoms with E-state index in [9.17, 15) is 4.79 Å². The minimum absolute atomic E-state index is 0.150. The van der Waals surface area contributed by atoms with Crippen LogP contribution in [0.3, 0.4) is 0 Å². The fraction of sp³-hybridized carbons (Fsp3) is 0.364. The van der Waals surface area contributed by atoms with Crippen molar-refractivity contribution in [3.63, 3.8) is 0 Å². The van der Waals surface area contributed by atoms with Crippen molar-refractivity contribution in [2.24, 2.45) is 0 Å². The summed E-state index contributed by atoms with van der Waals surface area (Å²) in [5, 5.41) is 21.0. The van der Waals surface area contributed by atoms with Crippen molar-refractivity contribution in [3.8, 4) is 0 Å². The number of nitrogens with one attached hydrogen (secondary N) is 1. The first-order valence-corrected chi connectivity index (χ1v) is 6.57. The molecule has 0 aliphatic rings. The second-order valence-corrected chi connectivity index (χ2v) is 4.87. The van der Waals surface area contributed by atoms with Gasteiger partial charge in [0.15, 0.2) is 0 Å². The lowest BCUT2D eigenvalue weighted by atomic mass is 10.3. The Morgan fingerprint density at radius 2 is 2.06 bits per heavy atom. The number of halogens is 1. The molecule has 0 radical (unpaired) electrons. The summed E-state index contributed by atoms with van der Waals surface area (Å²) in [6.45, 7) is -0.286. The van der Waals surface area contributed by atoms with Crippen molar-refractivity contribution in [1.82, 2.24) is 0 Å². The molecular weight excluding hydrogens is 262 g/mol. The van der Waals surface area contributed by atoms with Crippen LogP contribution in [0.1, 0.15) is 0 Å². The molecule has 1 atom stereocenters. The van der Waals surface area contributed by atoms with Gasteiger partial charge in [0, 0.05) is 16.5 Å². The molecule has 3 N–H and O–H groups in total. The molecular formula is C11H14ClNO3S. The van der Waals surface area contributed by atoms with E-state index in [0.717, 1.165) is 0 Å². The van der Waals surface area contributed by atoms with Gasteiger partial charge in [0.25, 0.3) is 0 Å². The first kappa shape index (κ1) is 14.3. The molecule has 17 heavy (non-hydrogen) atoms. The number of carbonyl (C=O) groups excluding carboxylic acids is 1. The minimum atomic E-state index is -0.775. The molecule has 1 aromatic carbocycles. The van der Waals surface area contributed by atoms with Crippen LogP contribution >= 0.6 is 23.4 Å². The summed E-state index contributed by atoms with van der Waals surface area (Å²) in [5.74, 6) is 0.423. The summed E-state index contributed by atoms with van der Waals surface area (Å²) in [7, 11) is 0. The largest absolute Gasteiger partial charge is 0.394 e. The lowest BCUT2D eigenvalue weighted by molar-refractivity contribution is -0.113. The van der Waals surface area contributed by atoms with Crippen LogP contribution in [0.4, 0.5) is 5.69 Å². The van der Waals surface area contributed by atoms with Crippen LogP contribution in [0.2, 0.25) is 5.02 Å². The number of aliphatic hydroxyl groups is 2. The van der Waals surface area contributed by atoms with Crippen molar-refractivity contribution >= 4 is 35.0 Å². The first-order valence-electron chi connectivity index (χ1n) is 5.04. The molecule has 4 nitrogen and oxygen atoms in total. The van der Waals surface area contributed by atoms with E-state index >= 15 is 0 Å². The number of thioether (sulfide) groups is 1. The Morgan fingerprint density at radius 1 is 1.41 bits per heavy atom. The lowest BCUT2D eigenvalue weighted by Crippen LogP contribution is -2.19. The van der Waals surface area contributed by atoms with Crippen molar-refractivity contribution < 1.29 is 15.0 Å². The maximum Gasteiger partial charge on any atom is 0.234 e. The highest BCUT2D eigenvalue weighted by Crippen LogP contribution is 2.13. The average Bonchev–Trinajstić information content (AvgIpc) is 2.32. The van der Waals surface area contributed by atoms with Gasteiger partial charge in [-0.2, -0.15) is 0 Å². The van der Waals surface area contributed by atoms with Crippen LogP contribution in [0.25, 0.3) is 0 Å². The molecule has 0 aliphatic carbocycles. The monoisotopic (exact) mass is 275 g/mol. The zero-order valence-electron chi connectivity index (χ0n) is 9.10. The third-order valence-corrected chi connectivity index (χ3v) is 3.22. The molecule has 94 valence electrons. The fourth-order valence-corrected chi connectivity index (χ4v) is 1.95. The number of amides is 1. The number of benzene rings is 1. The third-order valence-electron chi connectivity index (χ3n) is 1.88. The van der Waals surface area contributed by atoms with Crippen molar-refractivity contribution in [2.75, 3.05) is 23.4 Å². The maximum atomic E-state index is 11.5. The molecule has 1 unspecified atom stereocenters. The Balaban J connectivity index is 2.27. The fourth-order valence-electron chi connectivity index (χ4n) is 1.07. The molecule has 6 heteroatoms. The number of hydrogen-bond acceptors (Lipinski definition) is 4. The van der Waals surface area contributed by atoms with Crippen LogP contribution < -0.4 is 5.32 Å². The van der Waals surface area contributed by atoms with Gasteiger partial charge < -0.3 is 15.5 Å². The summed E-state index contributed by atoms with van der Waals surface area (Å²) >= 11 is 6.98. The smallest absolute Gasteiger partial charge is 0.234 e. The van der Waals surface area contributed by atoms with E-state index in [4.69, 9.17) is 21.8 Å². The topological polar surface area (TPSA) is 69.6 Å². The summed E-state index contributed by atoms with van der Waals surface area (Å²) in [5.41, 5.74) is 0.683. The maximum absolute atomic E-state index is 11.5. The zero-order chi connectivity index (χ0) is 12.7. The quantitative estimate of drug-likeness (QED) is 0.733. The van der Waals surface area contributed by atoms with Crippen molar-refractivity contribution in [2.45, 2.75) is 6.10 Å². The molecule has 0 aliphatic heterocycles. The van der Waals surface area contributed by atoms with E-state index in [1.54, 1.807) is 24.3 Å². The number of hydrogen-bond donors (Lipinski definition) is 3. The standard InChI is InChI=1S/C11H14ClNO3S/c12-8-1-3-9(4-2-8)13-11(16)7-17-6-10(15)5-14/h1-4,10,14-15H,5-7H2,(H,13,16). The molecule has 0 heterocycles. The Morgan fingerprint density at radius 3 is 2.65 bits per heavy atom. The molecule has 0 bridgehead atoms. The first-order chi connectivity index (χ1) is 8.11. The minimum Gasteiger partial charge on any atom is -0.394 e. The van der Waals surface area contributed by atoms with Gasteiger partial charge in [-0.1, -0.05) is 11.6 Å². The van der Waals surface area contributed by atoms with Gasteiger partial charge in [-0.15, -0.1) is 11.8 Å². The Kier molecular flexibility index (Phi) is 6.36. The van der Waals surface area contributed by atoms with Gasteiger partial charge in [0.2, 0.25) is 5.91 Å². The van der Waals surface area contributed by atoms with E-state index in [0.29, 0.717) is 16.5 Å². The highest BCUT2D eigenvalue weighted by molar-refractivity contribution is 8.00. The molecule has 0 saturated carbocycles. The van der Waals surface area contributed by atoms with Gasteiger partial charge in [-0.3, -0.25) is 4.79 Å². The van der Waals surface area contributed by atoms with Gasteiger partial charge in [-0.25, -0.2) is 0 Å². The number of carbonyl (C=O) groups is 1. The van der Waals surface area contributed by atoms with E-state index < -0.39 is 6.10 Å². The molecule has 0 aromatic heterocycles. The number of aliphatic hydroxyl groups excluding tert-OH is 2. The van der Waals surface area contributed by atoms with Crippen molar-refractivity contribution in [1.29, 1.82) is 0 Å². The SMILES string of the molecule is O=C(CSCC(O)CO)Nc1ccc(Cl)cc1. The van der Waals surface area contributed by atoms with Gasteiger partial charge in [0.1, 0.15) is 0 Å². The van der Waals surface area contributed by atoms with Crippen LogP contribution in [0.5, 0.6) is 0 Å².